The minimum Gasteiger partial charge on any atom is -0.490 e. The summed E-state index contributed by atoms with van der Waals surface area (Å²) < 4.78 is 19.2. The Bertz CT molecular complexity index is 1330. The van der Waals surface area contributed by atoms with E-state index in [1.165, 1.54) is 7.11 Å². The zero-order chi connectivity index (χ0) is 24.9. The first-order chi connectivity index (χ1) is 16.9. The molecule has 2 aromatic heterocycles. The highest BCUT2D eigenvalue weighted by Crippen LogP contribution is 2.34. The normalized spacial score (nSPS) is 11.9. The van der Waals surface area contributed by atoms with Crippen LogP contribution in [0.1, 0.15) is 48.2 Å². The summed E-state index contributed by atoms with van der Waals surface area (Å²) in [5.41, 5.74) is 5.63. The Morgan fingerprint density at radius 1 is 1.00 bits per heavy atom. The zero-order valence-electron chi connectivity index (χ0n) is 20.9. The monoisotopic (exact) mass is 473 g/mol. The Morgan fingerprint density at radius 2 is 1.77 bits per heavy atom. The van der Waals surface area contributed by atoms with E-state index in [-0.39, 0.29) is 0 Å². The van der Waals surface area contributed by atoms with Crippen molar-refractivity contribution in [2.75, 3.05) is 13.7 Å². The molecule has 1 unspecified atom stereocenters. The Balaban J connectivity index is 1.70. The van der Waals surface area contributed by atoms with Crippen LogP contribution in [0.5, 0.6) is 11.5 Å². The summed E-state index contributed by atoms with van der Waals surface area (Å²) in [4.78, 5) is 22.1. The molecular formula is C28H31N3O4. The van der Waals surface area contributed by atoms with Gasteiger partial charge >= 0.3 is 5.97 Å². The van der Waals surface area contributed by atoms with Crippen LogP contribution in [-0.2, 0) is 22.5 Å². The van der Waals surface area contributed by atoms with Gasteiger partial charge in [0, 0.05) is 17.7 Å². The molecule has 2 heterocycles. The first-order valence-corrected chi connectivity index (χ1v) is 11.8. The average Bonchev–Trinajstić information content (AvgIpc) is 3.21. The summed E-state index contributed by atoms with van der Waals surface area (Å²) in [6.45, 7) is 9.13. The number of carbonyl (C=O) groups excluding carboxylic acids is 1. The first-order valence-electron chi connectivity index (χ1n) is 11.8. The van der Waals surface area contributed by atoms with Crippen LogP contribution < -0.4 is 9.47 Å². The fraction of sp³-hybridized carbons (Fsp3) is 0.321. The fourth-order valence-electron chi connectivity index (χ4n) is 4.20. The molecule has 182 valence electrons. The molecule has 1 atom stereocenters. The smallest absolute Gasteiger partial charge is 0.351 e. The molecule has 0 amide bonds. The largest absolute Gasteiger partial charge is 0.490 e. The van der Waals surface area contributed by atoms with E-state index in [2.05, 4.69) is 24.5 Å². The van der Waals surface area contributed by atoms with E-state index < -0.39 is 12.1 Å². The van der Waals surface area contributed by atoms with Gasteiger partial charge in [0.05, 0.1) is 20.3 Å². The number of carbonyl (C=O) groups is 1. The molecule has 0 N–H and O–H groups in total. The third-order valence-electron chi connectivity index (χ3n) is 5.83. The maximum absolute atomic E-state index is 12.5. The number of rotatable bonds is 9. The number of nitrogens with zero attached hydrogens (tertiary/aromatic N) is 3. The maximum Gasteiger partial charge on any atom is 0.351 e. The van der Waals surface area contributed by atoms with Gasteiger partial charge < -0.3 is 18.8 Å². The molecule has 35 heavy (non-hydrogen) atoms. The van der Waals surface area contributed by atoms with Crippen LogP contribution in [0, 0.1) is 13.8 Å². The van der Waals surface area contributed by atoms with Crippen LogP contribution in [0.3, 0.4) is 0 Å². The summed E-state index contributed by atoms with van der Waals surface area (Å²) in [7, 11) is 1.35. The van der Waals surface area contributed by atoms with Gasteiger partial charge in [-0.2, -0.15) is 0 Å². The van der Waals surface area contributed by atoms with Gasteiger partial charge in [-0.05, 0) is 50.1 Å². The molecule has 0 aliphatic carbocycles. The van der Waals surface area contributed by atoms with E-state index in [0.29, 0.717) is 30.2 Å². The van der Waals surface area contributed by atoms with Gasteiger partial charge in [0.1, 0.15) is 11.3 Å². The summed E-state index contributed by atoms with van der Waals surface area (Å²) in [5.74, 6) is 1.55. The number of esters is 1. The Hall–Kier alpha value is -3.87. The molecule has 0 saturated heterocycles. The summed E-state index contributed by atoms with van der Waals surface area (Å²) >= 11 is 0. The van der Waals surface area contributed by atoms with Crippen molar-refractivity contribution in [3.63, 3.8) is 0 Å². The fourth-order valence-corrected chi connectivity index (χ4v) is 4.20. The van der Waals surface area contributed by atoms with E-state index in [0.717, 1.165) is 40.2 Å². The highest BCUT2D eigenvalue weighted by Gasteiger charge is 2.25. The molecule has 0 fully saturated rings. The lowest BCUT2D eigenvalue weighted by atomic mass is 10.1. The molecule has 4 rings (SSSR count). The van der Waals surface area contributed by atoms with Crippen LogP contribution in [0.25, 0.3) is 11.2 Å². The zero-order valence-corrected chi connectivity index (χ0v) is 20.9. The van der Waals surface area contributed by atoms with E-state index in [1.807, 2.05) is 62.4 Å². The van der Waals surface area contributed by atoms with Crippen molar-refractivity contribution in [3.05, 3.63) is 82.8 Å². The van der Waals surface area contributed by atoms with Gasteiger partial charge in [-0.15, -0.1) is 0 Å². The lowest BCUT2D eigenvalue weighted by Gasteiger charge is -2.20. The third-order valence-corrected chi connectivity index (χ3v) is 5.83. The lowest BCUT2D eigenvalue weighted by molar-refractivity contribution is -0.149. The Kier molecular flexibility index (Phi) is 7.34. The molecular weight excluding hydrogens is 442 g/mol. The van der Waals surface area contributed by atoms with Crippen molar-refractivity contribution < 1.29 is 19.0 Å². The molecule has 0 spiro atoms. The molecule has 4 aromatic rings. The molecule has 0 saturated carbocycles. The van der Waals surface area contributed by atoms with Crippen molar-refractivity contribution in [2.24, 2.45) is 0 Å². The molecule has 0 radical (unpaired) electrons. The van der Waals surface area contributed by atoms with Crippen LogP contribution in [0.15, 0.2) is 54.6 Å². The molecule has 7 heteroatoms. The van der Waals surface area contributed by atoms with E-state index in [4.69, 9.17) is 24.2 Å². The van der Waals surface area contributed by atoms with Crippen molar-refractivity contribution in [1.82, 2.24) is 14.5 Å². The summed E-state index contributed by atoms with van der Waals surface area (Å²) in [5, 5.41) is 0. The highest BCUT2D eigenvalue weighted by atomic mass is 16.6. The number of benzene rings is 2. The second-order valence-electron chi connectivity index (χ2n) is 8.37. The minimum atomic E-state index is -0.898. The second kappa shape index (κ2) is 10.6. The standard InChI is InChI=1S/C28H31N3O4/c1-6-24-30-25-18(3)15-19(4)29-27(25)31(24)17-20-13-14-22(23(16-20)34-7-2)35-26(28(32)33-5)21-11-9-8-10-12-21/h8-16,26H,6-7,17H2,1-5H3. The van der Waals surface area contributed by atoms with Gasteiger partial charge in [-0.3, -0.25) is 0 Å². The molecule has 7 nitrogen and oxygen atoms in total. The lowest BCUT2D eigenvalue weighted by Crippen LogP contribution is -2.20. The van der Waals surface area contributed by atoms with Crippen LogP contribution >= 0.6 is 0 Å². The van der Waals surface area contributed by atoms with Crippen molar-refractivity contribution >= 4 is 17.1 Å². The van der Waals surface area contributed by atoms with E-state index in [1.54, 1.807) is 0 Å². The number of hydrogen-bond acceptors (Lipinski definition) is 6. The number of pyridine rings is 1. The highest BCUT2D eigenvalue weighted by molar-refractivity contribution is 5.77. The number of fused-ring (bicyclic) bond motifs is 1. The van der Waals surface area contributed by atoms with Crippen molar-refractivity contribution in [2.45, 2.75) is 46.8 Å². The van der Waals surface area contributed by atoms with Crippen LogP contribution in [0.4, 0.5) is 0 Å². The van der Waals surface area contributed by atoms with Crippen molar-refractivity contribution in [3.8, 4) is 11.5 Å². The maximum atomic E-state index is 12.5. The van der Waals surface area contributed by atoms with Gasteiger partial charge in [0.15, 0.2) is 17.1 Å². The predicted molar refractivity (Wildman–Crippen MR) is 135 cm³/mol. The number of ether oxygens (including phenoxy) is 3. The SMILES string of the molecule is CCOc1cc(Cn2c(CC)nc3c(C)cc(C)nc32)ccc1OC(C(=O)OC)c1ccccc1. The summed E-state index contributed by atoms with van der Waals surface area (Å²) in [6, 6.07) is 17.1. The van der Waals surface area contributed by atoms with E-state index in [9.17, 15) is 4.79 Å². The van der Waals surface area contributed by atoms with E-state index >= 15 is 0 Å². The number of methoxy groups -OCH3 is 1. The number of aromatic nitrogens is 3. The first kappa shape index (κ1) is 24.3. The van der Waals surface area contributed by atoms with Crippen LogP contribution in [-0.4, -0.2) is 34.2 Å². The minimum absolute atomic E-state index is 0.461. The van der Waals surface area contributed by atoms with Gasteiger partial charge in [-0.1, -0.05) is 43.3 Å². The Labute approximate surface area is 205 Å². The quantitative estimate of drug-likeness (QED) is 0.305. The van der Waals surface area contributed by atoms with Crippen molar-refractivity contribution in [1.29, 1.82) is 0 Å². The predicted octanol–water partition coefficient (Wildman–Crippen LogP) is 5.35. The molecule has 0 bridgehead atoms. The van der Waals surface area contributed by atoms with Gasteiger partial charge in [0.25, 0.3) is 0 Å². The number of aryl methyl sites for hydroxylation is 3. The molecule has 0 aliphatic rings. The van der Waals surface area contributed by atoms with Gasteiger partial charge in [-0.25, -0.2) is 14.8 Å². The summed E-state index contributed by atoms with van der Waals surface area (Å²) in [6.07, 6.45) is -0.0996. The second-order valence-corrected chi connectivity index (χ2v) is 8.37. The van der Waals surface area contributed by atoms with Crippen LogP contribution in [0.2, 0.25) is 0 Å². The average molecular weight is 474 g/mol. The Morgan fingerprint density at radius 3 is 2.46 bits per heavy atom. The van der Waals surface area contributed by atoms with Gasteiger partial charge in [0.2, 0.25) is 6.10 Å². The molecule has 2 aromatic carbocycles. The number of imidazole rings is 1. The molecule has 0 aliphatic heterocycles. The topological polar surface area (TPSA) is 75.5 Å². The number of hydrogen-bond donors (Lipinski definition) is 0. The third kappa shape index (κ3) is 5.14.